The van der Waals surface area contributed by atoms with Crippen LogP contribution in [0.3, 0.4) is 0 Å². The summed E-state index contributed by atoms with van der Waals surface area (Å²) in [5, 5.41) is 9.60. The zero-order valence-corrected chi connectivity index (χ0v) is 22.7. The van der Waals surface area contributed by atoms with Gasteiger partial charge in [0.2, 0.25) is 0 Å². The van der Waals surface area contributed by atoms with Crippen LogP contribution in [0.15, 0.2) is 140 Å². The van der Waals surface area contributed by atoms with E-state index in [-0.39, 0.29) is 0 Å². The Bertz CT molecular complexity index is 2210. The molecule has 8 rings (SSSR count). The van der Waals surface area contributed by atoms with Crippen molar-refractivity contribution < 1.29 is 0 Å². The number of nitrogens with zero attached hydrogens (tertiary/aromatic N) is 2. The minimum atomic E-state index is -2.29. The zero-order valence-electron chi connectivity index (χ0n) is 21.0. The molecule has 0 spiro atoms. The Balaban J connectivity index is 1.56. The van der Waals surface area contributed by atoms with E-state index in [9.17, 15) is 0 Å². The Hall–Kier alpha value is -4.30. The lowest BCUT2D eigenvalue weighted by molar-refractivity contribution is 1.32. The lowest BCUT2D eigenvalue weighted by Gasteiger charge is -2.24. The van der Waals surface area contributed by atoms with Crippen LogP contribution in [0.2, 0.25) is 0 Å². The van der Waals surface area contributed by atoms with Crippen LogP contribution in [0.5, 0.6) is 0 Å². The smallest absolute Gasteiger partial charge is 0.146 e. The quantitative estimate of drug-likeness (QED) is 0.171. The van der Waals surface area contributed by atoms with Crippen LogP contribution < -0.4 is 15.9 Å². The van der Waals surface area contributed by atoms with Crippen molar-refractivity contribution in [2.45, 2.75) is 0 Å². The van der Waals surface area contributed by atoms with E-state index < -0.39 is 6.04 Å². The Kier molecular flexibility index (Phi) is 5.00. The number of hydrogen-bond acceptors (Lipinski definition) is 2. The highest BCUT2D eigenvalue weighted by Gasteiger charge is 2.25. The van der Waals surface area contributed by atoms with E-state index in [1.165, 1.54) is 43.0 Å². The fourth-order valence-corrected chi connectivity index (χ4v) is 9.76. The average Bonchev–Trinajstić information content (AvgIpc) is 3.41. The van der Waals surface area contributed by atoms with Gasteiger partial charge in [-0.3, -0.25) is 4.40 Å². The van der Waals surface area contributed by atoms with Gasteiger partial charge in [-0.05, 0) is 44.9 Å². The van der Waals surface area contributed by atoms with Gasteiger partial charge in [0.15, 0.2) is 0 Å². The summed E-state index contributed by atoms with van der Waals surface area (Å²) < 4.78 is 2.35. The number of benzene rings is 6. The Morgan fingerprint density at radius 2 is 1.13 bits per heavy atom. The predicted molar refractivity (Wildman–Crippen MR) is 171 cm³/mol. The van der Waals surface area contributed by atoms with E-state index >= 15 is 0 Å². The molecule has 0 aliphatic rings. The lowest BCUT2D eigenvalue weighted by Crippen LogP contribution is -2.24. The highest BCUT2D eigenvalue weighted by molar-refractivity contribution is 8.25. The van der Waals surface area contributed by atoms with Crippen LogP contribution in [0, 0.1) is 0 Å². The summed E-state index contributed by atoms with van der Waals surface area (Å²) in [5.41, 5.74) is 4.29. The molecule has 0 fully saturated rings. The van der Waals surface area contributed by atoms with Gasteiger partial charge in [-0.2, -0.15) is 0 Å². The van der Waals surface area contributed by atoms with Crippen molar-refractivity contribution >= 4 is 82.9 Å². The third-order valence-corrected chi connectivity index (χ3v) is 12.8. The second-order valence-corrected chi connectivity index (χ2v) is 14.4. The average molecular weight is 535 g/mol. The summed E-state index contributed by atoms with van der Waals surface area (Å²) in [6, 6.07) is 47.4. The summed E-state index contributed by atoms with van der Waals surface area (Å²) in [6.07, 6.45) is 0. The fraction of sp³-hybridized carbons (Fsp3) is 0. The molecule has 0 aliphatic carbocycles. The molecule has 2 nitrogen and oxygen atoms in total. The summed E-state index contributed by atoms with van der Waals surface area (Å²) in [5.74, 6) is 0. The second-order valence-electron chi connectivity index (χ2n) is 9.95. The van der Waals surface area contributed by atoms with E-state index in [1.807, 2.05) is 0 Å². The molecule has 2 heterocycles. The molecule has 0 bridgehead atoms. The molecule has 8 aromatic rings. The largest absolute Gasteiger partial charge is 0.291 e. The molecular weight excluding hydrogens is 511 g/mol. The van der Waals surface area contributed by atoms with Crippen LogP contribution in [0.1, 0.15) is 0 Å². The predicted octanol–water partition coefficient (Wildman–Crippen LogP) is 7.70. The topological polar surface area (TPSA) is 17.3 Å². The van der Waals surface area contributed by atoms with E-state index in [1.54, 1.807) is 0 Å². The second kappa shape index (κ2) is 8.61. The summed E-state index contributed by atoms with van der Waals surface area (Å²) in [4.78, 5) is 5.12. The molecule has 0 aliphatic heterocycles. The van der Waals surface area contributed by atoms with Gasteiger partial charge < -0.3 is 0 Å². The van der Waals surface area contributed by atoms with Gasteiger partial charge in [0.25, 0.3) is 0 Å². The minimum absolute atomic E-state index is 0.989. The first-order valence-corrected chi connectivity index (χ1v) is 15.9. The normalized spacial score (nSPS) is 12.2. The van der Waals surface area contributed by atoms with Gasteiger partial charge in [0.05, 0.1) is 16.6 Å². The van der Waals surface area contributed by atoms with Crippen LogP contribution in [0.4, 0.5) is 0 Å². The van der Waals surface area contributed by atoms with Gasteiger partial charge in [-0.25, -0.2) is 4.98 Å². The van der Waals surface area contributed by atoms with E-state index in [4.69, 9.17) is 16.8 Å². The van der Waals surface area contributed by atoms with Crippen molar-refractivity contribution in [1.82, 2.24) is 9.38 Å². The third kappa shape index (κ3) is 3.27. The number of hydrogen-bond donors (Lipinski definition) is 0. The molecule has 0 unspecified atom stereocenters. The lowest BCUT2D eigenvalue weighted by atomic mass is 10.0. The maximum absolute atomic E-state index is 6.71. The first kappa shape index (κ1) is 22.7. The van der Waals surface area contributed by atoms with Crippen LogP contribution in [0.25, 0.3) is 49.1 Å². The van der Waals surface area contributed by atoms with E-state index in [0.29, 0.717) is 0 Å². The van der Waals surface area contributed by atoms with E-state index in [0.717, 1.165) is 22.1 Å². The molecule has 4 heteroatoms. The molecule has 2 aromatic heterocycles. The Labute approximate surface area is 231 Å². The maximum Gasteiger partial charge on any atom is 0.146 e. The number of pyridine rings is 1. The maximum atomic E-state index is 6.71. The summed E-state index contributed by atoms with van der Waals surface area (Å²) in [7, 11) is 0. The van der Waals surface area contributed by atoms with Gasteiger partial charge in [0, 0.05) is 22.2 Å². The van der Waals surface area contributed by atoms with Crippen LogP contribution in [-0.4, -0.2) is 9.38 Å². The highest BCUT2D eigenvalue weighted by atomic mass is 32.4. The van der Waals surface area contributed by atoms with Gasteiger partial charge in [-0.15, -0.1) is 0 Å². The molecule has 39 heavy (non-hydrogen) atoms. The third-order valence-electron chi connectivity index (χ3n) is 7.82. The summed E-state index contributed by atoms with van der Waals surface area (Å²) >= 11 is 6.71. The number of imidazole rings is 1. The van der Waals surface area contributed by atoms with Crippen molar-refractivity contribution in [3.63, 3.8) is 0 Å². The standard InChI is InChI=1S/C35H23N2PS/c39-38(25-11-3-1-4-12-25,26-13-5-2-6-14-26)27-21-19-24-20-22-29-28-15-7-8-16-30(28)35-36-32-17-9-10-18-33(32)37(35)34(29)31(24)23-27/h1-23H. The molecule has 0 atom stereocenters. The molecule has 6 aromatic carbocycles. The van der Waals surface area contributed by atoms with Crippen molar-refractivity contribution in [2.24, 2.45) is 0 Å². The Morgan fingerprint density at radius 3 is 1.87 bits per heavy atom. The van der Waals surface area contributed by atoms with Crippen molar-refractivity contribution in [3.8, 4) is 0 Å². The first-order chi connectivity index (χ1) is 19.2. The zero-order chi connectivity index (χ0) is 26.0. The van der Waals surface area contributed by atoms with Gasteiger partial charge in [-0.1, -0.05) is 133 Å². The molecular formula is C35H23N2PS. The van der Waals surface area contributed by atoms with Gasteiger partial charge >= 0.3 is 0 Å². The van der Waals surface area contributed by atoms with Crippen molar-refractivity contribution in [1.29, 1.82) is 0 Å². The minimum Gasteiger partial charge on any atom is -0.291 e. The first-order valence-electron chi connectivity index (χ1n) is 13.1. The van der Waals surface area contributed by atoms with Crippen LogP contribution >= 0.6 is 6.04 Å². The molecule has 0 saturated carbocycles. The molecule has 0 saturated heterocycles. The molecule has 184 valence electrons. The fourth-order valence-electron chi connectivity index (χ4n) is 6.01. The SMILES string of the molecule is S=P(c1ccccc1)(c1ccccc1)c1ccc2ccc3c4ccccc4c4nc5ccccc5n4c3c2c1. The molecule has 0 amide bonds. The highest BCUT2D eigenvalue weighted by Crippen LogP contribution is 2.44. The summed E-state index contributed by atoms with van der Waals surface area (Å²) in [6.45, 7) is 0. The van der Waals surface area contributed by atoms with Crippen molar-refractivity contribution in [3.05, 3.63) is 140 Å². The van der Waals surface area contributed by atoms with Gasteiger partial charge in [0.1, 0.15) is 5.65 Å². The van der Waals surface area contributed by atoms with Crippen molar-refractivity contribution in [2.75, 3.05) is 0 Å². The number of para-hydroxylation sites is 2. The Morgan fingerprint density at radius 1 is 0.513 bits per heavy atom. The monoisotopic (exact) mass is 534 g/mol. The number of rotatable bonds is 3. The number of aromatic nitrogens is 2. The molecule has 0 radical (unpaired) electrons. The number of fused-ring (bicyclic) bond motifs is 10. The van der Waals surface area contributed by atoms with E-state index in [2.05, 4.69) is 144 Å². The van der Waals surface area contributed by atoms with Crippen LogP contribution in [-0.2, 0) is 11.8 Å². The molecule has 0 N–H and O–H groups in total.